The topological polar surface area (TPSA) is 105 Å². The predicted molar refractivity (Wildman–Crippen MR) is 98.5 cm³/mol. The van der Waals surface area contributed by atoms with E-state index in [1.54, 1.807) is 26.0 Å². The summed E-state index contributed by atoms with van der Waals surface area (Å²) in [7, 11) is -3.63. The molecule has 148 valence electrons. The summed E-state index contributed by atoms with van der Waals surface area (Å²) in [6, 6.07) is 5.98. The van der Waals surface area contributed by atoms with Crippen molar-refractivity contribution in [1.29, 1.82) is 0 Å². The molecule has 0 atom stereocenters. The lowest BCUT2D eigenvalue weighted by Gasteiger charge is -2.30. The summed E-state index contributed by atoms with van der Waals surface area (Å²) < 4.78 is 45.4. The van der Waals surface area contributed by atoms with E-state index in [1.165, 1.54) is 16.4 Å². The Hall–Kier alpha value is -2.59. The summed E-state index contributed by atoms with van der Waals surface area (Å²) in [5.41, 5.74) is 1.10. The molecule has 0 aliphatic carbocycles. The second kappa shape index (κ2) is 7.10. The molecule has 1 aromatic carbocycles. The third-order valence-electron chi connectivity index (χ3n) is 5.01. The number of halogens is 1. The van der Waals surface area contributed by atoms with Crippen molar-refractivity contribution in [2.75, 3.05) is 13.1 Å². The molecule has 3 aromatic rings. The molecule has 1 saturated heterocycles. The van der Waals surface area contributed by atoms with Crippen molar-refractivity contribution >= 4 is 10.0 Å². The number of hydrogen-bond donors (Lipinski definition) is 1. The Balaban J connectivity index is 1.47. The van der Waals surface area contributed by atoms with Crippen LogP contribution in [0.3, 0.4) is 0 Å². The van der Waals surface area contributed by atoms with Gasteiger partial charge in [0.15, 0.2) is 11.6 Å². The fourth-order valence-corrected chi connectivity index (χ4v) is 5.29. The molecule has 4 rings (SSSR count). The summed E-state index contributed by atoms with van der Waals surface area (Å²) >= 11 is 0. The maximum Gasteiger partial charge on any atom is 0.248 e. The van der Waals surface area contributed by atoms with Gasteiger partial charge in [-0.2, -0.15) is 9.40 Å². The Morgan fingerprint density at radius 1 is 1.18 bits per heavy atom. The number of rotatable bonds is 4. The van der Waals surface area contributed by atoms with E-state index in [1.807, 2.05) is 0 Å². The van der Waals surface area contributed by atoms with Gasteiger partial charge in [0.05, 0.1) is 0 Å². The van der Waals surface area contributed by atoms with Crippen molar-refractivity contribution in [2.45, 2.75) is 37.5 Å². The van der Waals surface area contributed by atoms with E-state index in [-0.39, 0.29) is 16.6 Å². The van der Waals surface area contributed by atoms with Gasteiger partial charge in [-0.3, -0.25) is 5.10 Å². The zero-order chi connectivity index (χ0) is 19.9. The van der Waals surface area contributed by atoms with Crippen LogP contribution in [0, 0.1) is 19.7 Å². The minimum absolute atomic E-state index is 0.0813. The standard InChI is InChI=1S/C18H20FN5O3S/c1-11-16(12(2)27-23-11)28(25,26)24-9-7-14(8-10-24)18-20-17(21-22-18)13-3-5-15(19)6-4-13/h3-6,14H,7-10H2,1-2H3,(H,20,21,22). The van der Waals surface area contributed by atoms with Gasteiger partial charge in [0.2, 0.25) is 10.0 Å². The lowest BCUT2D eigenvalue weighted by Crippen LogP contribution is -2.38. The first kappa shape index (κ1) is 18.8. The normalized spacial score (nSPS) is 16.5. The number of aryl methyl sites for hydroxylation is 2. The number of sulfonamides is 1. The number of hydrogen-bond acceptors (Lipinski definition) is 6. The maximum absolute atomic E-state index is 13.1. The van der Waals surface area contributed by atoms with E-state index in [0.29, 0.717) is 49.0 Å². The number of nitrogens with one attached hydrogen (secondary N) is 1. The number of piperidine rings is 1. The average Bonchev–Trinajstić information content (AvgIpc) is 3.30. The Morgan fingerprint density at radius 3 is 2.46 bits per heavy atom. The first-order valence-electron chi connectivity index (χ1n) is 8.97. The van der Waals surface area contributed by atoms with Gasteiger partial charge in [0, 0.05) is 24.6 Å². The first-order chi connectivity index (χ1) is 13.4. The summed E-state index contributed by atoms with van der Waals surface area (Å²) in [6.45, 7) is 3.99. The van der Waals surface area contributed by atoms with Crippen molar-refractivity contribution < 1.29 is 17.3 Å². The van der Waals surface area contributed by atoms with Gasteiger partial charge in [-0.1, -0.05) is 5.16 Å². The monoisotopic (exact) mass is 405 g/mol. The van der Waals surface area contributed by atoms with E-state index >= 15 is 0 Å². The van der Waals surface area contributed by atoms with E-state index in [4.69, 9.17) is 4.52 Å². The van der Waals surface area contributed by atoms with Crippen LogP contribution in [0.2, 0.25) is 0 Å². The summed E-state index contributed by atoms with van der Waals surface area (Å²) in [4.78, 5) is 4.67. The van der Waals surface area contributed by atoms with Crippen LogP contribution in [-0.2, 0) is 10.0 Å². The summed E-state index contributed by atoms with van der Waals surface area (Å²) in [6.07, 6.45) is 1.25. The minimum atomic E-state index is -3.63. The lowest BCUT2D eigenvalue weighted by atomic mass is 9.97. The number of aromatic amines is 1. The molecule has 0 bridgehead atoms. The highest BCUT2D eigenvalue weighted by Gasteiger charge is 2.34. The number of H-pyrrole nitrogens is 1. The third kappa shape index (κ3) is 3.33. The highest BCUT2D eigenvalue weighted by Crippen LogP contribution is 2.31. The summed E-state index contributed by atoms with van der Waals surface area (Å²) in [5.74, 6) is 1.29. The van der Waals surface area contributed by atoms with Crippen molar-refractivity contribution in [3.8, 4) is 11.4 Å². The van der Waals surface area contributed by atoms with Crippen molar-refractivity contribution in [3.05, 3.63) is 47.4 Å². The minimum Gasteiger partial charge on any atom is -0.360 e. The predicted octanol–water partition coefficient (Wildman–Crippen LogP) is 2.78. The highest BCUT2D eigenvalue weighted by molar-refractivity contribution is 7.89. The van der Waals surface area contributed by atoms with Crippen molar-refractivity contribution in [2.24, 2.45) is 0 Å². The molecule has 0 unspecified atom stereocenters. The van der Waals surface area contributed by atoms with Gasteiger partial charge in [0.25, 0.3) is 0 Å². The smallest absolute Gasteiger partial charge is 0.248 e. The van der Waals surface area contributed by atoms with Crippen LogP contribution in [0.1, 0.15) is 36.0 Å². The lowest BCUT2D eigenvalue weighted by molar-refractivity contribution is 0.313. The Labute approximate surface area is 161 Å². The van der Waals surface area contributed by atoms with Crippen molar-refractivity contribution in [1.82, 2.24) is 24.6 Å². The molecule has 10 heteroatoms. The van der Waals surface area contributed by atoms with Crippen LogP contribution in [0.15, 0.2) is 33.7 Å². The SMILES string of the molecule is Cc1noc(C)c1S(=O)(=O)N1CCC(c2nc(-c3ccc(F)cc3)n[nH]2)CC1. The Bertz CT molecular complexity index is 1060. The van der Waals surface area contributed by atoms with Gasteiger partial charge in [-0.05, 0) is 51.0 Å². The molecule has 1 aliphatic rings. The van der Waals surface area contributed by atoms with Gasteiger partial charge >= 0.3 is 0 Å². The molecule has 0 radical (unpaired) electrons. The Morgan fingerprint density at radius 2 is 1.86 bits per heavy atom. The van der Waals surface area contributed by atoms with Gasteiger partial charge in [0.1, 0.15) is 22.2 Å². The van der Waals surface area contributed by atoms with Crippen LogP contribution >= 0.6 is 0 Å². The molecule has 8 nitrogen and oxygen atoms in total. The number of benzene rings is 1. The van der Waals surface area contributed by atoms with E-state index < -0.39 is 10.0 Å². The maximum atomic E-state index is 13.1. The van der Waals surface area contributed by atoms with Crippen LogP contribution in [-0.4, -0.2) is 46.2 Å². The van der Waals surface area contributed by atoms with E-state index in [9.17, 15) is 12.8 Å². The fourth-order valence-electron chi connectivity index (χ4n) is 3.53. The zero-order valence-electron chi connectivity index (χ0n) is 15.5. The van der Waals surface area contributed by atoms with Gasteiger partial charge in [-0.25, -0.2) is 17.8 Å². The second-order valence-corrected chi connectivity index (χ2v) is 8.76. The Kier molecular flexibility index (Phi) is 4.76. The molecular formula is C18H20FN5O3S. The van der Waals surface area contributed by atoms with Gasteiger partial charge in [-0.15, -0.1) is 0 Å². The molecule has 1 N–H and O–H groups in total. The fraction of sp³-hybridized carbons (Fsp3) is 0.389. The van der Waals surface area contributed by atoms with E-state index in [2.05, 4.69) is 20.3 Å². The molecule has 1 fully saturated rings. The largest absolute Gasteiger partial charge is 0.360 e. The molecule has 0 amide bonds. The third-order valence-corrected chi connectivity index (χ3v) is 7.16. The zero-order valence-corrected chi connectivity index (χ0v) is 16.3. The van der Waals surface area contributed by atoms with Crippen LogP contribution in [0.4, 0.5) is 4.39 Å². The molecular weight excluding hydrogens is 385 g/mol. The first-order valence-corrected chi connectivity index (χ1v) is 10.4. The molecule has 3 heterocycles. The highest BCUT2D eigenvalue weighted by atomic mass is 32.2. The number of aromatic nitrogens is 4. The summed E-state index contributed by atoms with van der Waals surface area (Å²) in [5, 5.41) is 10.9. The van der Waals surface area contributed by atoms with E-state index in [0.717, 1.165) is 5.56 Å². The molecule has 1 aliphatic heterocycles. The molecule has 2 aromatic heterocycles. The molecule has 0 saturated carbocycles. The van der Waals surface area contributed by atoms with Crippen LogP contribution in [0.5, 0.6) is 0 Å². The quantitative estimate of drug-likeness (QED) is 0.716. The van der Waals surface area contributed by atoms with Crippen LogP contribution in [0.25, 0.3) is 11.4 Å². The second-order valence-electron chi connectivity index (χ2n) is 6.88. The number of nitrogens with zero attached hydrogens (tertiary/aromatic N) is 4. The molecule has 0 spiro atoms. The molecule has 28 heavy (non-hydrogen) atoms. The average molecular weight is 405 g/mol. The van der Waals surface area contributed by atoms with Crippen molar-refractivity contribution in [3.63, 3.8) is 0 Å². The van der Waals surface area contributed by atoms with Crippen LogP contribution < -0.4 is 0 Å². The van der Waals surface area contributed by atoms with Gasteiger partial charge < -0.3 is 4.52 Å².